The summed E-state index contributed by atoms with van der Waals surface area (Å²) in [6.45, 7) is 3.45. The number of aryl methyl sites for hydroxylation is 1. The number of benzene rings is 4. The zero-order valence-electron chi connectivity index (χ0n) is 23.2. The third kappa shape index (κ3) is 8.37. The van der Waals surface area contributed by atoms with Crippen molar-refractivity contribution in [2.24, 2.45) is 0 Å². The maximum Gasteiger partial charge on any atom is 0.272 e. The maximum absolute atomic E-state index is 14.4. The van der Waals surface area contributed by atoms with Crippen LogP contribution in [0.1, 0.15) is 28.4 Å². The minimum atomic E-state index is -0.659. The van der Waals surface area contributed by atoms with Crippen LogP contribution in [-0.4, -0.2) is 27.9 Å². The van der Waals surface area contributed by atoms with E-state index in [0.29, 0.717) is 22.5 Å². The number of halogens is 1. The van der Waals surface area contributed by atoms with Crippen molar-refractivity contribution >= 4 is 52.6 Å². The highest BCUT2D eigenvalue weighted by molar-refractivity contribution is 8.00. The number of anilines is 2. The van der Waals surface area contributed by atoms with Gasteiger partial charge in [0.2, 0.25) is 5.91 Å². The van der Waals surface area contributed by atoms with E-state index in [9.17, 15) is 28.9 Å². The Balaban J connectivity index is 1.43. The number of carbonyl (C=O) groups is 3. The predicted octanol–water partition coefficient (Wildman–Crippen LogP) is 6.57. The van der Waals surface area contributed by atoms with E-state index >= 15 is 0 Å². The van der Waals surface area contributed by atoms with E-state index in [2.05, 4.69) is 16.0 Å². The van der Waals surface area contributed by atoms with Crippen LogP contribution in [-0.2, 0) is 9.59 Å². The van der Waals surface area contributed by atoms with Crippen molar-refractivity contribution in [3.63, 3.8) is 0 Å². The second-order valence-electron chi connectivity index (χ2n) is 9.38. The van der Waals surface area contributed by atoms with Gasteiger partial charge in [-0.05, 0) is 68.0 Å². The molecule has 218 valence electrons. The Morgan fingerprint density at radius 3 is 2.26 bits per heavy atom. The summed E-state index contributed by atoms with van der Waals surface area (Å²) in [5.74, 6) is -2.07. The monoisotopic (exact) mass is 598 g/mol. The summed E-state index contributed by atoms with van der Waals surface area (Å²) in [7, 11) is 0. The summed E-state index contributed by atoms with van der Waals surface area (Å²) in [4.78, 5) is 50.0. The molecule has 0 spiro atoms. The highest BCUT2D eigenvalue weighted by Gasteiger charge is 2.19. The first-order valence-electron chi connectivity index (χ1n) is 13.1. The Hall–Kier alpha value is -5.29. The fourth-order valence-corrected chi connectivity index (χ4v) is 4.72. The van der Waals surface area contributed by atoms with Crippen LogP contribution in [0.3, 0.4) is 0 Å². The lowest BCUT2D eigenvalue weighted by atomic mass is 10.1. The zero-order chi connectivity index (χ0) is 30.9. The molecule has 0 bridgehead atoms. The van der Waals surface area contributed by atoms with Gasteiger partial charge in [-0.2, -0.15) is 0 Å². The fraction of sp³-hybridized carbons (Fsp3) is 0.0938. The van der Waals surface area contributed by atoms with Gasteiger partial charge in [-0.1, -0.05) is 42.5 Å². The molecule has 0 saturated heterocycles. The first-order chi connectivity index (χ1) is 20.6. The lowest BCUT2D eigenvalue weighted by molar-refractivity contribution is -0.384. The first kappa shape index (κ1) is 30.7. The Kier molecular flexibility index (Phi) is 10.0. The molecule has 0 saturated carbocycles. The van der Waals surface area contributed by atoms with E-state index in [0.717, 1.165) is 4.90 Å². The molecular formula is C32H27FN4O5S. The molecule has 0 aliphatic rings. The third-order valence-corrected chi connectivity index (χ3v) is 7.33. The molecule has 11 heteroatoms. The normalized spacial score (nSPS) is 11.7. The number of nitro groups is 1. The number of nitrogens with zero attached hydrogens (tertiary/aromatic N) is 1. The van der Waals surface area contributed by atoms with E-state index in [4.69, 9.17) is 0 Å². The van der Waals surface area contributed by atoms with Crippen molar-refractivity contribution in [1.82, 2.24) is 5.32 Å². The van der Waals surface area contributed by atoms with Gasteiger partial charge in [0.05, 0.1) is 15.9 Å². The second kappa shape index (κ2) is 14.1. The smallest absolute Gasteiger partial charge is 0.272 e. The Morgan fingerprint density at radius 2 is 1.58 bits per heavy atom. The van der Waals surface area contributed by atoms with Gasteiger partial charge in [-0.25, -0.2) is 4.39 Å². The molecule has 4 rings (SSSR count). The molecule has 0 aromatic heterocycles. The molecule has 0 aliphatic heterocycles. The molecule has 4 aromatic carbocycles. The van der Waals surface area contributed by atoms with Gasteiger partial charge in [0, 0.05) is 33.8 Å². The van der Waals surface area contributed by atoms with Crippen LogP contribution < -0.4 is 16.0 Å². The zero-order valence-corrected chi connectivity index (χ0v) is 24.0. The van der Waals surface area contributed by atoms with Crippen molar-refractivity contribution in [3.05, 3.63) is 135 Å². The van der Waals surface area contributed by atoms with Crippen molar-refractivity contribution in [2.75, 3.05) is 10.6 Å². The minimum absolute atomic E-state index is 0.120. The van der Waals surface area contributed by atoms with Gasteiger partial charge in [0.15, 0.2) is 0 Å². The van der Waals surface area contributed by atoms with Gasteiger partial charge < -0.3 is 16.0 Å². The summed E-state index contributed by atoms with van der Waals surface area (Å²) in [5, 5.41) is 18.6. The number of rotatable bonds is 10. The Bertz CT molecular complexity index is 1690. The van der Waals surface area contributed by atoms with E-state index in [1.54, 1.807) is 80.6 Å². The standard InChI is InChI=1S/C32H27FN4O5S/c1-20-12-15-25(37(41)42)19-28(20)35-30(38)21(2)43-26-16-13-24(14-17-26)34-32(40)29(18-23-10-6-7-11-27(23)33)36-31(39)22-8-4-3-5-9-22/h3-19,21H,1-2H3,(H,34,40)(H,35,38)(H,36,39)/b29-18-. The molecule has 0 heterocycles. The molecule has 1 unspecified atom stereocenters. The molecule has 3 N–H and O–H groups in total. The highest BCUT2D eigenvalue weighted by Crippen LogP contribution is 2.27. The van der Waals surface area contributed by atoms with Crippen LogP contribution in [0.5, 0.6) is 0 Å². The lowest BCUT2D eigenvalue weighted by Gasteiger charge is -2.14. The van der Waals surface area contributed by atoms with E-state index < -0.39 is 27.8 Å². The summed E-state index contributed by atoms with van der Waals surface area (Å²) in [5.41, 5.74) is 1.65. The van der Waals surface area contributed by atoms with Gasteiger partial charge >= 0.3 is 0 Å². The van der Waals surface area contributed by atoms with Crippen LogP contribution in [0.2, 0.25) is 0 Å². The fourth-order valence-electron chi connectivity index (χ4n) is 3.86. The van der Waals surface area contributed by atoms with E-state index in [1.165, 1.54) is 48.2 Å². The van der Waals surface area contributed by atoms with Crippen LogP contribution in [0, 0.1) is 22.9 Å². The second-order valence-corrected chi connectivity index (χ2v) is 10.8. The number of nitro benzene ring substituents is 1. The molecule has 0 aliphatic carbocycles. The average Bonchev–Trinajstić information content (AvgIpc) is 3.00. The Labute approximate surface area is 251 Å². The van der Waals surface area contributed by atoms with Crippen LogP contribution in [0.4, 0.5) is 21.5 Å². The van der Waals surface area contributed by atoms with Crippen molar-refractivity contribution < 1.29 is 23.7 Å². The minimum Gasteiger partial charge on any atom is -0.325 e. The number of amides is 3. The third-order valence-electron chi connectivity index (χ3n) is 6.22. The largest absolute Gasteiger partial charge is 0.325 e. The van der Waals surface area contributed by atoms with E-state index in [1.807, 2.05) is 0 Å². The van der Waals surface area contributed by atoms with Crippen LogP contribution in [0.25, 0.3) is 6.08 Å². The molecule has 3 amide bonds. The van der Waals surface area contributed by atoms with Crippen molar-refractivity contribution in [2.45, 2.75) is 24.0 Å². The number of carbonyl (C=O) groups excluding carboxylic acids is 3. The quantitative estimate of drug-likeness (QED) is 0.0819. The number of non-ortho nitro benzene ring substituents is 1. The Morgan fingerprint density at radius 1 is 0.907 bits per heavy atom. The van der Waals surface area contributed by atoms with Crippen molar-refractivity contribution in [1.29, 1.82) is 0 Å². The average molecular weight is 599 g/mol. The summed E-state index contributed by atoms with van der Waals surface area (Å²) < 4.78 is 14.4. The van der Waals surface area contributed by atoms with Crippen LogP contribution in [0.15, 0.2) is 108 Å². The molecule has 0 fully saturated rings. The summed E-state index contributed by atoms with van der Waals surface area (Å²) in [6.07, 6.45) is 1.26. The molecular weight excluding hydrogens is 571 g/mol. The topological polar surface area (TPSA) is 130 Å². The molecule has 43 heavy (non-hydrogen) atoms. The summed E-state index contributed by atoms with van der Waals surface area (Å²) in [6, 6.07) is 25.2. The van der Waals surface area contributed by atoms with Gasteiger partial charge in [0.1, 0.15) is 11.5 Å². The number of thioether (sulfide) groups is 1. The van der Waals surface area contributed by atoms with Gasteiger partial charge in [-0.3, -0.25) is 24.5 Å². The maximum atomic E-state index is 14.4. The molecule has 9 nitrogen and oxygen atoms in total. The number of hydrogen-bond donors (Lipinski definition) is 3. The molecule has 0 radical (unpaired) electrons. The summed E-state index contributed by atoms with van der Waals surface area (Å²) >= 11 is 1.26. The molecule has 4 aromatic rings. The molecule has 1 atom stereocenters. The van der Waals surface area contributed by atoms with Crippen LogP contribution >= 0.6 is 11.8 Å². The number of nitrogens with one attached hydrogen (secondary N) is 3. The highest BCUT2D eigenvalue weighted by atomic mass is 32.2. The van der Waals surface area contributed by atoms with Gasteiger partial charge in [-0.15, -0.1) is 11.8 Å². The van der Waals surface area contributed by atoms with Gasteiger partial charge in [0.25, 0.3) is 17.5 Å². The van der Waals surface area contributed by atoms with Crippen molar-refractivity contribution in [3.8, 4) is 0 Å². The SMILES string of the molecule is Cc1ccc([N+](=O)[O-])cc1NC(=O)C(C)Sc1ccc(NC(=O)/C(=C/c2ccccc2F)NC(=O)c2ccccc2)cc1. The lowest BCUT2D eigenvalue weighted by Crippen LogP contribution is -2.30. The number of hydrogen-bond acceptors (Lipinski definition) is 6. The van der Waals surface area contributed by atoms with E-state index in [-0.39, 0.29) is 22.9 Å². The first-order valence-corrected chi connectivity index (χ1v) is 14.0. The predicted molar refractivity (Wildman–Crippen MR) is 165 cm³/mol.